The lowest BCUT2D eigenvalue weighted by molar-refractivity contribution is -0.121. The zero-order valence-electron chi connectivity index (χ0n) is 14.7. The number of nitrogens with zero attached hydrogens (tertiary/aromatic N) is 1. The second-order valence-electron chi connectivity index (χ2n) is 6.48. The molecule has 1 unspecified atom stereocenters. The first-order valence-corrected chi connectivity index (χ1v) is 8.49. The summed E-state index contributed by atoms with van der Waals surface area (Å²) in [4.78, 5) is 14.5. The van der Waals surface area contributed by atoms with E-state index in [9.17, 15) is 4.79 Å². The first-order chi connectivity index (χ1) is 12.1. The van der Waals surface area contributed by atoms with E-state index in [4.69, 9.17) is 9.47 Å². The lowest BCUT2D eigenvalue weighted by Crippen LogP contribution is -2.35. The zero-order valence-corrected chi connectivity index (χ0v) is 14.7. The molecule has 0 saturated heterocycles. The molecule has 1 N–H and O–H groups in total. The summed E-state index contributed by atoms with van der Waals surface area (Å²) < 4.78 is 10.7. The van der Waals surface area contributed by atoms with Gasteiger partial charge in [0, 0.05) is 13.0 Å². The van der Waals surface area contributed by atoms with Gasteiger partial charge in [0.1, 0.15) is 0 Å². The van der Waals surface area contributed by atoms with Crippen molar-refractivity contribution in [3.05, 3.63) is 59.7 Å². The van der Waals surface area contributed by atoms with Crippen LogP contribution < -0.4 is 14.8 Å². The highest BCUT2D eigenvalue weighted by Gasteiger charge is 2.16. The van der Waals surface area contributed by atoms with Crippen LogP contribution in [0, 0.1) is 0 Å². The molecule has 5 heteroatoms. The van der Waals surface area contributed by atoms with Gasteiger partial charge in [-0.3, -0.25) is 4.79 Å². The standard InChI is InChI=1S/C20H24N2O3/c1-22(2)13-17(16-6-4-3-5-7-16)21-20(23)11-9-15-8-10-18-19(12-15)25-14-24-18/h3-8,10,12,17H,9,11,13-14H2,1-2H3,(H,21,23). The Hall–Kier alpha value is -2.53. The van der Waals surface area contributed by atoms with Gasteiger partial charge in [0.15, 0.2) is 11.5 Å². The predicted molar refractivity (Wildman–Crippen MR) is 96.8 cm³/mol. The van der Waals surface area contributed by atoms with Gasteiger partial charge in [-0.25, -0.2) is 0 Å². The van der Waals surface area contributed by atoms with Gasteiger partial charge in [-0.2, -0.15) is 0 Å². The van der Waals surface area contributed by atoms with Crippen molar-refractivity contribution in [1.29, 1.82) is 0 Å². The van der Waals surface area contributed by atoms with Crippen LogP contribution in [0.25, 0.3) is 0 Å². The van der Waals surface area contributed by atoms with Gasteiger partial charge in [-0.1, -0.05) is 36.4 Å². The number of rotatable bonds is 7. The van der Waals surface area contributed by atoms with Crippen molar-refractivity contribution >= 4 is 5.91 Å². The summed E-state index contributed by atoms with van der Waals surface area (Å²) in [6, 6.07) is 15.9. The van der Waals surface area contributed by atoms with Crippen LogP contribution in [0.3, 0.4) is 0 Å². The van der Waals surface area contributed by atoms with Gasteiger partial charge >= 0.3 is 0 Å². The summed E-state index contributed by atoms with van der Waals surface area (Å²) in [5.74, 6) is 1.57. The number of ether oxygens (including phenoxy) is 2. The highest BCUT2D eigenvalue weighted by Crippen LogP contribution is 2.32. The molecule has 2 aromatic rings. The molecule has 3 rings (SSSR count). The minimum atomic E-state index is -0.0135. The highest BCUT2D eigenvalue weighted by molar-refractivity contribution is 5.76. The van der Waals surface area contributed by atoms with Gasteiger partial charge in [0.25, 0.3) is 0 Å². The van der Waals surface area contributed by atoms with Crippen LogP contribution in [0.1, 0.15) is 23.6 Å². The van der Waals surface area contributed by atoms with Crippen molar-refractivity contribution in [2.24, 2.45) is 0 Å². The molecule has 1 amide bonds. The molecule has 25 heavy (non-hydrogen) atoms. The summed E-state index contributed by atoms with van der Waals surface area (Å²) in [6.07, 6.45) is 1.11. The minimum absolute atomic E-state index is 0.0135. The number of hydrogen-bond acceptors (Lipinski definition) is 4. The molecule has 1 atom stereocenters. The molecule has 2 aromatic carbocycles. The van der Waals surface area contributed by atoms with Crippen LogP contribution in [-0.2, 0) is 11.2 Å². The van der Waals surface area contributed by atoms with Gasteiger partial charge in [-0.05, 0) is 43.8 Å². The lowest BCUT2D eigenvalue weighted by Gasteiger charge is -2.23. The number of fused-ring (bicyclic) bond motifs is 1. The Labute approximate surface area is 148 Å². The number of benzene rings is 2. The van der Waals surface area contributed by atoms with E-state index in [0.717, 1.165) is 29.2 Å². The van der Waals surface area contributed by atoms with Crippen LogP contribution in [0.5, 0.6) is 11.5 Å². The molecule has 0 aliphatic carbocycles. The predicted octanol–water partition coefficient (Wildman–Crippen LogP) is 2.77. The van der Waals surface area contributed by atoms with Crippen molar-refractivity contribution in [2.75, 3.05) is 27.4 Å². The molecule has 0 saturated carbocycles. The number of amides is 1. The Bertz CT molecular complexity index is 716. The molecule has 1 aliphatic heterocycles. The van der Waals surface area contributed by atoms with Gasteiger partial charge in [0.2, 0.25) is 12.7 Å². The number of nitrogens with one attached hydrogen (secondary N) is 1. The second kappa shape index (κ2) is 8.03. The summed E-state index contributed by atoms with van der Waals surface area (Å²) in [6.45, 7) is 1.03. The first kappa shape index (κ1) is 17.3. The number of carbonyl (C=O) groups is 1. The maximum absolute atomic E-state index is 12.4. The van der Waals surface area contributed by atoms with Crippen LogP contribution in [0.2, 0.25) is 0 Å². The Morgan fingerprint density at radius 1 is 1.12 bits per heavy atom. The molecule has 0 aromatic heterocycles. The highest BCUT2D eigenvalue weighted by atomic mass is 16.7. The molecular formula is C20H24N2O3. The topological polar surface area (TPSA) is 50.8 Å². The third-order valence-electron chi connectivity index (χ3n) is 4.16. The molecule has 132 valence electrons. The van der Waals surface area contributed by atoms with Crippen LogP contribution in [0.4, 0.5) is 0 Å². The van der Waals surface area contributed by atoms with E-state index in [0.29, 0.717) is 12.8 Å². The Morgan fingerprint density at radius 3 is 2.64 bits per heavy atom. The summed E-state index contributed by atoms with van der Waals surface area (Å²) in [7, 11) is 4.02. The van der Waals surface area contributed by atoms with Crippen LogP contribution >= 0.6 is 0 Å². The average molecular weight is 340 g/mol. The molecule has 0 bridgehead atoms. The monoisotopic (exact) mass is 340 g/mol. The molecule has 1 aliphatic rings. The van der Waals surface area contributed by atoms with E-state index >= 15 is 0 Å². The van der Waals surface area contributed by atoms with Crippen molar-refractivity contribution in [3.63, 3.8) is 0 Å². The fourth-order valence-electron chi connectivity index (χ4n) is 2.91. The number of hydrogen-bond donors (Lipinski definition) is 1. The Kier molecular flexibility index (Phi) is 5.56. The van der Waals surface area contributed by atoms with E-state index in [-0.39, 0.29) is 18.7 Å². The van der Waals surface area contributed by atoms with Crippen molar-refractivity contribution in [1.82, 2.24) is 10.2 Å². The maximum Gasteiger partial charge on any atom is 0.231 e. The molecule has 5 nitrogen and oxygen atoms in total. The maximum atomic E-state index is 12.4. The largest absolute Gasteiger partial charge is 0.454 e. The van der Waals surface area contributed by atoms with E-state index < -0.39 is 0 Å². The average Bonchev–Trinajstić information content (AvgIpc) is 3.07. The van der Waals surface area contributed by atoms with Crippen molar-refractivity contribution < 1.29 is 14.3 Å². The van der Waals surface area contributed by atoms with Crippen LogP contribution in [-0.4, -0.2) is 38.2 Å². The molecule has 0 radical (unpaired) electrons. The quantitative estimate of drug-likeness (QED) is 0.842. The number of carbonyl (C=O) groups excluding carboxylic acids is 1. The number of aryl methyl sites for hydroxylation is 1. The van der Waals surface area contributed by atoms with E-state index in [1.807, 2.05) is 62.6 Å². The minimum Gasteiger partial charge on any atom is -0.454 e. The first-order valence-electron chi connectivity index (χ1n) is 8.49. The molecule has 0 spiro atoms. The van der Waals surface area contributed by atoms with E-state index in [1.165, 1.54) is 0 Å². The second-order valence-corrected chi connectivity index (χ2v) is 6.48. The lowest BCUT2D eigenvalue weighted by atomic mass is 10.1. The smallest absolute Gasteiger partial charge is 0.231 e. The van der Waals surface area contributed by atoms with E-state index in [1.54, 1.807) is 0 Å². The normalized spacial score (nSPS) is 13.7. The zero-order chi connectivity index (χ0) is 17.6. The van der Waals surface area contributed by atoms with Crippen LogP contribution in [0.15, 0.2) is 48.5 Å². The van der Waals surface area contributed by atoms with Gasteiger partial charge < -0.3 is 19.7 Å². The Morgan fingerprint density at radius 2 is 1.88 bits per heavy atom. The number of likely N-dealkylation sites (N-methyl/N-ethyl adjacent to an activating group) is 1. The third-order valence-corrected chi connectivity index (χ3v) is 4.16. The van der Waals surface area contributed by atoms with E-state index in [2.05, 4.69) is 10.2 Å². The third kappa shape index (κ3) is 4.73. The van der Waals surface area contributed by atoms with Crippen molar-refractivity contribution in [3.8, 4) is 11.5 Å². The SMILES string of the molecule is CN(C)CC(NC(=O)CCc1ccc2c(c1)OCO2)c1ccccc1. The summed E-state index contributed by atoms with van der Waals surface area (Å²) in [5.41, 5.74) is 2.19. The summed E-state index contributed by atoms with van der Waals surface area (Å²) in [5, 5.41) is 3.15. The molecular weight excluding hydrogens is 316 g/mol. The van der Waals surface area contributed by atoms with Gasteiger partial charge in [0.05, 0.1) is 6.04 Å². The fraction of sp³-hybridized carbons (Fsp3) is 0.350. The van der Waals surface area contributed by atoms with Gasteiger partial charge in [-0.15, -0.1) is 0 Å². The molecule has 0 fully saturated rings. The summed E-state index contributed by atoms with van der Waals surface area (Å²) >= 11 is 0. The van der Waals surface area contributed by atoms with Crippen molar-refractivity contribution in [2.45, 2.75) is 18.9 Å². The fourth-order valence-corrected chi connectivity index (χ4v) is 2.91. The molecule has 1 heterocycles. The Balaban J connectivity index is 1.58.